The van der Waals surface area contributed by atoms with Crippen LogP contribution in [0.2, 0.25) is 5.02 Å². The number of nitrogens with one attached hydrogen (secondary N) is 1. The Labute approximate surface area is 173 Å². The van der Waals surface area contributed by atoms with Crippen molar-refractivity contribution in [3.63, 3.8) is 0 Å². The summed E-state index contributed by atoms with van der Waals surface area (Å²) in [6, 6.07) is 11.3. The third-order valence-corrected chi connectivity index (χ3v) is 4.61. The lowest BCUT2D eigenvalue weighted by Crippen LogP contribution is -2.29. The summed E-state index contributed by atoms with van der Waals surface area (Å²) in [5, 5.41) is 6.41. The van der Waals surface area contributed by atoms with Gasteiger partial charge in [-0.3, -0.25) is 4.79 Å². The molecule has 30 heavy (non-hydrogen) atoms. The van der Waals surface area contributed by atoms with Crippen molar-refractivity contribution in [2.75, 3.05) is 5.32 Å². The molecule has 0 radical (unpaired) electrons. The van der Waals surface area contributed by atoms with Crippen LogP contribution in [0.5, 0.6) is 0 Å². The van der Waals surface area contributed by atoms with Crippen LogP contribution in [-0.4, -0.2) is 25.1 Å². The number of hydrogen-bond donors (Lipinski definition) is 1. The molecule has 2 aromatic heterocycles. The van der Waals surface area contributed by atoms with E-state index in [1.165, 1.54) is 46.9 Å². The average Bonchev–Trinajstić information content (AvgIpc) is 3.00. The molecular formula is C20H14ClF2N5O2. The van der Waals surface area contributed by atoms with Crippen molar-refractivity contribution in [3.05, 3.63) is 81.4 Å². The maximum absolute atomic E-state index is 14.0. The van der Waals surface area contributed by atoms with Gasteiger partial charge in [0.2, 0.25) is 5.91 Å². The number of nitrogens with zero attached hydrogens (tertiary/aromatic N) is 4. The Morgan fingerprint density at radius 2 is 1.90 bits per heavy atom. The molecule has 1 N–H and O–H groups in total. The molecule has 0 saturated carbocycles. The topological polar surface area (TPSA) is 81.3 Å². The summed E-state index contributed by atoms with van der Waals surface area (Å²) in [7, 11) is 0. The number of anilines is 1. The SMILES string of the molecule is Cc1cc2nn(CC(=O)Nc3cccc(Cl)c3F)c(=O)n2c(-c2ccc(F)cc2)n1. The molecule has 2 heterocycles. The van der Waals surface area contributed by atoms with Gasteiger partial charge in [0.05, 0.1) is 10.7 Å². The van der Waals surface area contributed by atoms with Gasteiger partial charge in [-0.15, -0.1) is 5.10 Å². The molecule has 0 aliphatic rings. The standard InChI is InChI=1S/C20H14ClF2N5O2/c1-11-9-16-26-27(10-17(29)25-15-4-2-3-14(21)18(15)23)20(30)28(16)19(24-11)12-5-7-13(22)8-6-12/h2-9H,10H2,1H3,(H,25,29). The lowest BCUT2D eigenvalue weighted by molar-refractivity contribution is -0.117. The Bertz CT molecular complexity index is 1330. The molecule has 152 valence electrons. The largest absolute Gasteiger partial charge is 0.352 e. The highest BCUT2D eigenvalue weighted by Gasteiger charge is 2.17. The minimum Gasteiger partial charge on any atom is -0.322 e. The van der Waals surface area contributed by atoms with E-state index in [1.54, 1.807) is 13.0 Å². The second-order valence-electron chi connectivity index (χ2n) is 6.51. The van der Waals surface area contributed by atoms with Crippen molar-refractivity contribution in [2.24, 2.45) is 0 Å². The fourth-order valence-electron chi connectivity index (χ4n) is 2.97. The van der Waals surface area contributed by atoms with Crippen LogP contribution < -0.4 is 11.0 Å². The minimum absolute atomic E-state index is 0.103. The number of halogens is 3. The second-order valence-corrected chi connectivity index (χ2v) is 6.92. The molecule has 1 amide bonds. The van der Waals surface area contributed by atoms with Crippen LogP contribution in [-0.2, 0) is 11.3 Å². The van der Waals surface area contributed by atoms with Crippen LogP contribution in [0.15, 0.2) is 53.3 Å². The summed E-state index contributed by atoms with van der Waals surface area (Å²) in [5.74, 6) is -1.58. The van der Waals surface area contributed by atoms with E-state index in [2.05, 4.69) is 15.4 Å². The summed E-state index contributed by atoms with van der Waals surface area (Å²) in [4.78, 5) is 29.6. The summed E-state index contributed by atoms with van der Waals surface area (Å²) in [6.07, 6.45) is 0. The van der Waals surface area contributed by atoms with Gasteiger partial charge in [0.25, 0.3) is 0 Å². The molecule has 0 fully saturated rings. The predicted molar refractivity (Wildman–Crippen MR) is 107 cm³/mol. The van der Waals surface area contributed by atoms with Crippen molar-refractivity contribution >= 4 is 28.8 Å². The minimum atomic E-state index is -0.770. The normalized spacial score (nSPS) is 11.1. The number of hydrogen-bond acceptors (Lipinski definition) is 4. The third kappa shape index (κ3) is 3.67. The zero-order valence-corrected chi connectivity index (χ0v) is 16.3. The molecule has 0 atom stereocenters. The highest BCUT2D eigenvalue weighted by atomic mass is 35.5. The molecule has 0 unspecified atom stereocenters. The number of carbonyl (C=O) groups is 1. The van der Waals surface area contributed by atoms with E-state index in [9.17, 15) is 18.4 Å². The van der Waals surface area contributed by atoms with E-state index in [4.69, 9.17) is 11.6 Å². The van der Waals surface area contributed by atoms with Gasteiger partial charge in [-0.25, -0.2) is 27.6 Å². The van der Waals surface area contributed by atoms with Crippen molar-refractivity contribution in [1.82, 2.24) is 19.2 Å². The van der Waals surface area contributed by atoms with Gasteiger partial charge in [0, 0.05) is 17.3 Å². The number of benzene rings is 2. The van der Waals surface area contributed by atoms with E-state index < -0.39 is 29.8 Å². The van der Waals surface area contributed by atoms with Crippen molar-refractivity contribution in [1.29, 1.82) is 0 Å². The molecule has 7 nitrogen and oxygen atoms in total. The second kappa shape index (κ2) is 7.68. The average molecular weight is 430 g/mol. The first-order chi connectivity index (χ1) is 14.3. The number of carbonyl (C=O) groups excluding carboxylic acids is 1. The fourth-order valence-corrected chi connectivity index (χ4v) is 3.15. The first-order valence-electron chi connectivity index (χ1n) is 8.80. The van der Waals surface area contributed by atoms with E-state index in [0.717, 1.165) is 4.68 Å². The Morgan fingerprint density at radius 1 is 1.17 bits per heavy atom. The first kappa shape index (κ1) is 19.7. The lowest BCUT2D eigenvalue weighted by Gasteiger charge is -2.06. The van der Waals surface area contributed by atoms with E-state index in [0.29, 0.717) is 11.3 Å². The molecule has 4 rings (SSSR count). The first-order valence-corrected chi connectivity index (χ1v) is 9.18. The molecular weight excluding hydrogens is 416 g/mol. The summed E-state index contributed by atoms with van der Waals surface area (Å²) in [6.45, 7) is 1.28. The van der Waals surface area contributed by atoms with Crippen LogP contribution in [0, 0.1) is 18.6 Å². The van der Waals surface area contributed by atoms with Crippen molar-refractivity contribution in [2.45, 2.75) is 13.5 Å². The molecule has 2 aromatic carbocycles. The number of aryl methyl sites for hydroxylation is 1. The Hall–Kier alpha value is -3.59. The molecule has 0 aliphatic carbocycles. The molecule has 0 spiro atoms. The van der Waals surface area contributed by atoms with Gasteiger partial charge in [0.1, 0.15) is 18.2 Å². The maximum atomic E-state index is 14.0. The monoisotopic (exact) mass is 429 g/mol. The molecule has 4 aromatic rings. The van der Waals surface area contributed by atoms with Crippen LogP contribution >= 0.6 is 11.6 Å². The number of rotatable bonds is 4. The highest BCUT2D eigenvalue weighted by Crippen LogP contribution is 2.22. The van der Waals surface area contributed by atoms with E-state index in [-0.39, 0.29) is 22.2 Å². The van der Waals surface area contributed by atoms with Crippen LogP contribution in [0.4, 0.5) is 14.5 Å². The van der Waals surface area contributed by atoms with Gasteiger partial charge in [0.15, 0.2) is 11.5 Å². The van der Waals surface area contributed by atoms with Crippen molar-refractivity contribution < 1.29 is 13.6 Å². The Kier molecular flexibility index (Phi) is 5.04. The van der Waals surface area contributed by atoms with Gasteiger partial charge >= 0.3 is 5.69 Å². The zero-order chi connectivity index (χ0) is 21.4. The lowest BCUT2D eigenvalue weighted by atomic mass is 10.2. The van der Waals surface area contributed by atoms with Crippen LogP contribution in [0.1, 0.15) is 5.69 Å². The van der Waals surface area contributed by atoms with Gasteiger partial charge in [-0.05, 0) is 43.3 Å². The molecule has 0 aliphatic heterocycles. The third-order valence-electron chi connectivity index (χ3n) is 4.32. The maximum Gasteiger partial charge on any atom is 0.352 e. The quantitative estimate of drug-likeness (QED) is 0.539. The fraction of sp³-hybridized carbons (Fsp3) is 0.100. The van der Waals surface area contributed by atoms with Gasteiger partial charge in [-0.2, -0.15) is 0 Å². The Morgan fingerprint density at radius 3 is 2.63 bits per heavy atom. The van der Waals surface area contributed by atoms with E-state index in [1.807, 2.05) is 0 Å². The number of amides is 1. The van der Waals surface area contributed by atoms with Gasteiger partial charge < -0.3 is 5.32 Å². The number of aromatic nitrogens is 4. The van der Waals surface area contributed by atoms with E-state index >= 15 is 0 Å². The highest BCUT2D eigenvalue weighted by molar-refractivity contribution is 6.31. The van der Waals surface area contributed by atoms with Crippen LogP contribution in [0.25, 0.3) is 17.0 Å². The predicted octanol–water partition coefficient (Wildman–Crippen LogP) is 3.44. The van der Waals surface area contributed by atoms with Gasteiger partial charge in [-0.1, -0.05) is 17.7 Å². The number of fused-ring (bicyclic) bond motifs is 1. The molecule has 0 bridgehead atoms. The smallest absolute Gasteiger partial charge is 0.322 e. The summed E-state index contributed by atoms with van der Waals surface area (Å²) >= 11 is 5.71. The Balaban J connectivity index is 1.71. The summed E-state index contributed by atoms with van der Waals surface area (Å²) < 4.78 is 29.4. The zero-order valence-electron chi connectivity index (χ0n) is 15.6. The summed E-state index contributed by atoms with van der Waals surface area (Å²) in [5.41, 5.74) is 0.655. The van der Waals surface area contributed by atoms with Crippen molar-refractivity contribution in [3.8, 4) is 11.4 Å². The van der Waals surface area contributed by atoms with Crippen LogP contribution in [0.3, 0.4) is 0 Å². The molecule has 10 heteroatoms. The molecule has 0 saturated heterocycles.